The van der Waals surface area contributed by atoms with Crippen molar-refractivity contribution in [2.24, 2.45) is 0 Å². The van der Waals surface area contributed by atoms with E-state index >= 15 is 0 Å². The van der Waals surface area contributed by atoms with Gasteiger partial charge in [-0.25, -0.2) is 0 Å². The molecule has 0 fully saturated rings. The third-order valence-corrected chi connectivity index (χ3v) is 9.31. The van der Waals surface area contributed by atoms with Gasteiger partial charge in [0, 0.05) is 0 Å². The second-order valence-electron chi connectivity index (χ2n) is 7.73. The molecule has 0 unspecified atom stereocenters. The standard InChI is InChI=1S/C23H20FIN5O2/c1-32-22-14(24)3-2-4-16(22)29-19-18-21-15(10-28-23(18)31)25-9-12-5-8-27-17-11-26-7-6-13(17)20(19)30(12)21/h2-7,11,15,27,29H,8-10H2,1H3,(H,28,31)/q-1/b12-5-/t15-/m0/s1. The van der Waals surface area contributed by atoms with Crippen LogP contribution in [0.3, 0.4) is 0 Å². The van der Waals surface area contributed by atoms with Crippen LogP contribution in [-0.2, 0) is 0 Å². The van der Waals surface area contributed by atoms with Crippen molar-refractivity contribution >= 4 is 28.7 Å². The van der Waals surface area contributed by atoms with Crippen molar-refractivity contribution in [1.29, 1.82) is 0 Å². The Morgan fingerprint density at radius 3 is 3.09 bits per heavy atom. The van der Waals surface area contributed by atoms with E-state index in [4.69, 9.17) is 4.74 Å². The first-order chi connectivity index (χ1) is 15.7. The molecule has 3 aliphatic rings. The molecule has 0 radical (unpaired) electrons. The van der Waals surface area contributed by atoms with E-state index in [0.717, 1.165) is 27.1 Å². The van der Waals surface area contributed by atoms with Crippen LogP contribution >= 0.6 is 0 Å². The van der Waals surface area contributed by atoms with Crippen molar-refractivity contribution in [3.8, 4) is 17.0 Å². The Morgan fingerprint density at radius 1 is 1.31 bits per heavy atom. The second-order valence-corrected chi connectivity index (χ2v) is 10.9. The summed E-state index contributed by atoms with van der Waals surface area (Å²) in [5.41, 5.74) is 6.79. The maximum atomic E-state index is 14.5. The minimum absolute atomic E-state index is 0.109. The van der Waals surface area contributed by atoms with Crippen molar-refractivity contribution in [3.63, 3.8) is 0 Å². The number of alkyl halides is 2. The molecule has 2 aromatic heterocycles. The number of methoxy groups -OCH3 is 1. The van der Waals surface area contributed by atoms with Gasteiger partial charge >= 0.3 is 195 Å². The summed E-state index contributed by atoms with van der Waals surface area (Å²) in [6.07, 6.45) is 5.76. The van der Waals surface area contributed by atoms with Crippen LogP contribution in [0.1, 0.15) is 20.0 Å². The van der Waals surface area contributed by atoms with Crippen molar-refractivity contribution in [3.05, 3.63) is 59.8 Å². The zero-order valence-corrected chi connectivity index (χ0v) is 19.4. The van der Waals surface area contributed by atoms with Crippen LogP contribution in [-0.4, -0.2) is 40.1 Å². The number of pyridine rings is 1. The van der Waals surface area contributed by atoms with E-state index in [0.29, 0.717) is 34.0 Å². The van der Waals surface area contributed by atoms with Crippen LogP contribution in [0.2, 0.25) is 0 Å². The van der Waals surface area contributed by atoms with Crippen LogP contribution in [0.15, 0.2) is 42.7 Å². The molecule has 0 saturated carbocycles. The molecule has 3 N–H and O–H groups in total. The average Bonchev–Trinajstić information content (AvgIpc) is 3.12. The molecule has 32 heavy (non-hydrogen) atoms. The van der Waals surface area contributed by atoms with E-state index in [1.165, 1.54) is 18.9 Å². The minimum atomic E-state index is -0.460. The summed E-state index contributed by atoms with van der Waals surface area (Å²) in [6.45, 7) is 1.36. The van der Waals surface area contributed by atoms with Gasteiger partial charge in [0.15, 0.2) is 0 Å². The predicted molar refractivity (Wildman–Crippen MR) is 117 cm³/mol. The van der Waals surface area contributed by atoms with Gasteiger partial charge in [-0.1, -0.05) is 0 Å². The number of benzene rings is 1. The number of nitrogens with one attached hydrogen (secondary N) is 3. The van der Waals surface area contributed by atoms with Gasteiger partial charge in [0.1, 0.15) is 0 Å². The van der Waals surface area contributed by atoms with E-state index in [1.54, 1.807) is 24.5 Å². The van der Waals surface area contributed by atoms with Crippen LogP contribution in [0.25, 0.3) is 17.0 Å². The maximum absolute atomic E-state index is 14.5. The molecular weight excluding hydrogens is 524 g/mol. The van der Waals surface area contributed by atoms with Crippen molar-refractivity contribution in [2.45, 2.75) is 3.92 Å². The number of aromatic nitrogens is 2. The molecule has 6 rings (SSSR count). The fourth-order valence-electron chi connectivity index (χ4n) is 4.64. The number of carbonyl (C=O) groups excluding carboxylic acids is 1. The Morgan fingerprint density at radius 2 is 2.22 bits per heavy atom. The Labute approximate surface area is 194 Å². The quantitative estimate of drug-likeness (QED) is 0.333. The van der Waals surface area contributed by atoms with Gasteiger partial charge in [0.25, 0.3) is 0 Å². The first kappa shape index (κ1) is 19.6. The van der Waals surface area contributed by atoms with Gasteiger partial charge in [-0.15, -0.1) is 0 Å². The Hall–Kier alpha value is -3.08. The zero-order valence-electron chi connectivity index (χ0n) is 17.2. The molecule has 3 aliphatic heterocycles. The number of carbonyl (C=O) groups is 1. The number of ether oxygens (including phenoxy) is 1. The van der Waals surface area contributed by atoms with Crippen LogP contribution in [0.5, 0.6) is 5.75 Å². The third-order valence-electron chi connectivity index (χ3n) is 6.00. The number of hydrogen-bond donors (Lipinski definition) is 3. The molecule has 5 heterocycles. The van der Waals surface area contributed by atoms with Gasteiger partial charge in [-0.05, 0) is 0 Å². The molecule has 3 aromatic rings. The van der Waals surface area contributed by atoms with Crippen molar-refractivity contribution in [1.82, 2.24) is 14.9 Å². The predicted octanol–water partition coefficient (Wildman–Crippen LogP) is 0.595. The SMILES string of the molecule is COc1c(F)cccc1Nc1c2c3n4c1-c1ccncc1NC/C=C\4C[I-][C@H]3CNC2=O. The van der Waals surface area contributed by atoms with Crippen LogP contribution < -0.4 is 41.9 Å². The molecule has 0 bridgehead atoms. The average molecular weight is 544 g/mol. The third kappa shape index (κ3) is 2.83. The number of fused-ring (bicyclic) bond motifs is 2. The number of halogens is 2. The van der Waals surface area contributed by atoms with Gasteiger partial charge in [-0.3, -0.25) is 0 Å². The summed E-state index contributed by atoms with van der Waals surface area (Å²) in [6, 6.07) is 6.70. The van der Waals surface area contributed by atoms with E-state index < -0.39 is 5.82 Å². The van der Waals surface area contributed by atoms with Crippen molar-refractivity contribution in [2.75, 3.05) is 35.3 Å². The molecular formula is C23H20FIN5O2-. The number of hydrogen-bond acceptors (Lipinski definition) is 5. The normalized spacial score (nSPS) is 20.1. The summed E-state index contributed by atoms with van der Waals surface area (Å²) in [4.78, 5) is 17.5. The van der Waals surface area contributed by atoms with Gasteiger partial charge in [0.05, 0.1) is 0 Å². The van der Waals surface area contributed by atoms with Gasteiger partial charge in [-0.2, -0.15) is 0 Å². The number of amides is 1. The Balaban J connectivity index is 1.68. The van der Waals surface area contributed by atoms with E-state index in [2.05, 4.69) is 31.6 Å². The second kappa shape index (κ2) is 7.51. The fourth-order valence-corrected chi connectivity index (χ4v) is 7.81. The number of allylic oxidation sites excluding steroid dienone is 1. The molecule has 0 saturated heterocycles. The molecule has 1 atom stereocenters. The first-order valence-electron chi connectivity index (χ1n) is 10.3. The topological polar surface area (TPSA) is 80.2 Å². The summed E-state index contributed by atoms with van der Waals surface area (Å²) >= 11 is -0.159. The number of anilines is 3. The molecule has 1 amide bonds. The molecule has 7 nitrogen and oxygen atoms in total. The molecule has 0 aliphatic carbocycles. The van der Waals surface area contributed by atoms with Gasteiger partial charge < -0.3 is 0 Å². The van der Waals surface area contributed by atoms with Gasteiger partial charge in [0.2, 0.25) is 0 Å². The summed E-state index contributed by atoms with van der Waals surface area (Å²) in [5.74, 6) is -0.453. The van der Waals surface area contributed by atoms with E-state index in [9.17, 15) is 9.18 Å². The number of para-hydroxylation sites is 1. The molecule has 1 aromatic carbocycles. The zero-order chi connectivity index (χ0) is 21.8. The molecule has 9 heteroatoms. The first-order valence-corrected chi connectivity index (χ1v) is 13.1. The van der Waals surface area contributed by atoms with Crippen LogP contribution in [0, 0.1) is 5.82 Å². The summed E-state index contributed by atoms with van der Waals surface area (Å²) in [7, 11) is 1.44. The monoisotopic (exact) mass is 544 g/mol. The van der Waals surface area contributed by atoms with Crippen LogP contribution in [0.4, 0.5) is 21.5 Å². The summed E-state index contributed by atoms with van der Waals surface area (Å²) in [5, 5.41) is 9.90. The number of nitrogens with zero attached hydrogens (tertiary/aromatic N) is 2. The van der Waals surface area contributed by atoms with E-state index in [-0.39, 0.29) is 32.9 Å². The number of rotatable bonds is 3. The Kier molecular flexibility index (Phi) is 4.60. The Bertz CT molecular complexity index is 1300. The summed E-state index contributed by atoms with van der Waals surface area (Å²) < 4.78 is 23.4. The fraction of sp³-hybridized carbons (Fsp3) is 0.217. The van der Waals surface area contributed by atoms with E-state index in [1.807, 2.05) is 6.07 Å². The molecule has 0 spiro atoms. The van der Waals surface area contributed by atoms with Crippen molar-refractivity contribution < 1.29 is 35.1 Å². The molecule has 164 valence electrons.